The van der Waals surface area contributed by atoms with E-state index in [0.717, 1.165) is 12.0 Å². The predicted molar refractivity (Wildman–Crippen MR) is 189 cm³/mol. The summed E-state index contributed by atoms with van der Waals surface area (Å²) in [5.41, 5.74) is 1.11. The second kappa shape index (κ2) is 19.7. The van der Waals surface area contributed by atoms with Crippen molar-refractivity contribution in [2.24, 2.45) is 0 Å². The van der Waals surface area contributed by atoms with Crippen LogP contribution in [0.25, 0.3) is 0 Å². The van der Waals surface area contributed by atoms with Gasteiger partial charge in [-0.1, -0.05) is 112 Å². The second-order valence-corrected chi connectivity index (χ2v) is 16.9. The summed E-state index contributed by atoms with van der Waals surface area (Å²) in [7, 11) is -1.19. The molecule has 0 bridgehead atoms. The van der Waals surface area contributed by atoms with Gasteiger partial charge in [-0.2, -0.15) is 0 Å². The number of alkyl carbamates (subject to hydrolysis) is 1. The molecule has 0 fully saturated rings. The van der Waals surface area contributed by atoms with E-state index in [1.165, 1.54) is 17.5 Å². The van der Waals surface area contributed by atoms with Crippen molar-refractivity contribution in [1.82, 2.24) is 5.32 Å². The van der Waals surface area contributed by atoms with E-state index in [4.69, 9.17) is 13.9 Å². The van der Waals surface area contributed by atoms with Crippen LogP contribution in [0.2, 0.25) is 5.04 Å². The fourth-order valence-corrected chi connectivity index (χ4v) is 10.3. The first-order chi connectivity index (χ1) is 22.3. The van der Waals surface area contributed by atoms with Gasteiger partial charge in [0.05, 0.1) is 13.7 Å². The first-order valence-electron chi connectivity index (χ1n) is 16.4. The van der Waals surface area contributed by atoms with E-state index in [1.807, 2.05) is 30.3 Å². The summed E-state index contributed by atoms with van der Waals surface area (Å²) in [5.74, 6) is 6.75. The summed E-state index contributed by atoms with van der Waals surface area (Å²) in [5, 5.41) is 5.35. The number of unbranched alkanes of at least 4 members (excludes halogenated alkanes) is 1. The Bertz CT molecular complexity index is 1320. The van der Waals surface area contributed by atoms with Crippen LogP contribution in [0.4, 0.5) is 4.79 Å². The smallest absolute Gasteiger partial charge is 0.407 e. The Kier molecular flexibility index (Phi) is 15.8. The predicted octanol–water partition coefficient (Wildman–Crippen LogP) is 7.20. The standard InChI is InChI=1S/C39H51NO5Si/c1-39(2,3)46(36-25-14-9-15-26-36,37-27-16-10-17-28-37)45-30-18-7-5-6-13-23-35(41)24-19-22-34(40-38(42)43-4)29-31-44-32-33-20-11-8-12-21-33/h8-12,14-17,20-21,25-28,34H,6,13,18-19,22-24,29-32H2,1-4H3,(H,40,42). The summed E-state index contributed by atoms with van der Waals surface area (Å²) < 4.78 is 17.5. The fraction of sp³-hybridized carbons (Fsp3) is 0.436. The van der Waals surface area contributed by atoms with E-state index in [-0.39, 0.29) is 16.9 Å². The van der Waals surface area contributed by atoms with Crippen LogP contribution in [-0.4, -0.2) is 46.6 Å². The molecule has 3 rings (SSSR count). The number of benzene rings is 3. The first-order valence-corrected chi connectivity index (χ1v) is 18.4. The number of hydrogen-bond donors (Lipinski definition) is 1. The average Bonchev–Trinajstić information content (AvgIpc) is 3.06. The van der Waals surface area contributed by atoms with Crippen LogP contribution in [0, 0.1) is 11.8 Å². The van der Waals surface area contributed by atoms with Gasteiger partial charge in [0, 0.05) is 44.9 Å². The van der Waals surface area contributed by atoms with Gasteiger partial charge in [-0.15, -0.1) is 11.8 Å². The first kappa shape index (κ1) is 36.8. The average molecular weight is 642 g/mol. The number of nitrogens with one attached hydrogen (secondary N) is 1. The molecule has 0 aliphatic carbocycles. The molecule has 7 heteroatoms. The second-order valence-electron chi connectivity index (χ2n) is 12.6. The zero-order valence-electron chi connectivity index (χ0n) is 28.1. The molecule has 0 heterocycles. The fourth-order valence-electron chi connectivity index (χ4n) is 5.74. The summed E-state index contributed by atoms with van der Waals surface area (Å²) in [6, 6.07) is 31.2. The van der Waals surface area contributed by atoms with E-state index in [2.05, 4.69) is 98.6 Å². The van der Waals surface area contributed by atoms with Crippen molar-refractivity contribution in [3.8, 4) is 11.8 Å². The van der Waals surface area contributed by atoms with Crippen LogP contribution in [0.1, 0.15) is 77.7 Å². The highest BCUT2D eigenvalue weighted by molar-refractivity contribution is 6.99. The van der Waals surface area contributed by atoms with Gasteiger partial charge in [0.1, 0.15) is 5.78 Å². The van der Waals surface area contributed by atoms with Gasteiger partial charge in [0.25, 0.3) is 8.32 Å². The summed E-state index contributed by atoms with van der Waals surface area (Å²) in [6.45, 7) is 8.44. The molecule has 0 radical (unpaired) electrons. The highest BCUT2D eigenvalue weighted by Crippen LogP contribution is 2.36. The molecule has 0 saturated heterocycles. The number of amides is 1. The van der Waals surface area contributed by atoms with Crippen LogP contribution in [0.5, 0.6) is 0 Å². The molecular weight excluding hydrogens is 591 g/mol. The minimum Gasteiger partial charge on any atom is -0.453 e. The van der Waals surface area contributed by atoms with E-state index in [9.17, 15) is 9.59 Å². The molecular formula is C39H51NO5Si. The highest BCUT2D eigenvalue weighted by atomic mass is 28.4. The Hall–Kier alpha value is -3.70. The van der Waals surface area contributed by atoms with E-state index >= 15 is 0 Å². The topological polar surface area (TPSA) is 73.9 Å². The maximum atomic E-state index is 12.5. The molecule has 46 heavy (non-hydrogen) atoms. The zero-order valence-corrected chi connectivity index (χ0v) is 29.1. The molecule has 3 aromatic carbocycles. The number of carbonyl (C=O) groups is 2. The van der Waals surface area contributed by atoms with Crippen LogP contribution >= 0.6 is 0 Å². The molecule has 3 aromatic rings. The zero-order chi connectivity index (χ0) is 33.1. The number of Topliss-reactive ketones (excluding diaryl/α,β-unsaturated/α-hetero) is 1. The lowest BCUT2D eigenvalue weighted by Gasteiger charge is -2.43. The third-order valence-electron chi connectivity index (χ3n) is 8.08. The van der Waals surface area contributed by atoms with Crippen molar-refractivity contribution >= 4 is 30.6 Å². The molecule has 246 valence electrons. The van der Waals surface area contributed by atoms with E-state index < -0.39 is 14.4 Å². The van der Waals surface area contributed by atoms with Crippen LogP contribution in [0.15, 0.2) is 91.0 Å². The number of methoxy groups -OCH3 is 1. The summed E-state index contributed by atoms with van der Waals surface area (Å²) >= 11 is 0. The minimum atomic E-state index is -2.55. The lowest BCUT2D eigenvalue weighted by molar-refractivity contribution is -0.119. The van der Waals surface area contributed by atoms with Crippen LogP contribution in [-0.2, 0) is 25.3 Å². The third-order valence-corrected chi connectivity index (χ3v) is 13.1. The normalized spacial score (nSPS) is 12.1. The Morgan fingerprint density at radius 3 is 1.91 bits per heavy atom. The summed E-state index contributed by atoms with van der Waals surface area (Å²) in [6.07, 6.45) is 4.70. The quantitative estimate of drug-likeness (QED) is 0.0904. The van der Waals surface area contributed by atoms with Crippen LogP contribution < -0.4 is 15.7 Å². The SMILES string of the molecule is COC(=O)NC(CCCC(=O)CCCC#CCCO[Si](c1ccccc1)(c1ccccc1)C(C)(C)C)CCOCc1ccccc1. The lowest BCUT2D eigenvalue weighted by Crippen LogP contribution is -2.66. The van der Waals surface area contributed by atoms with Crippen molar-refractivity contribution in [3.63, 3.8) is 0 Å². The molecule has 0 saturated carbocycles. The maximum absolute atomic E-state index is 12.5. The molecule has 1 N–H and O–H groups in total. The Morgan fingerprint density at radius 2 is 1.33 bits per heavy atom. The summed E-state index contributed by atoms with van der Waals surface area (Å²) in [4.78, 5) is 24.3. The molecule has 1 atom stereocenters. The van der Waals surface area contributed by atoms with Crippen molar-refractivity contribution in [1.29, 1.82) is 0 Å². The third kappa shape index (κ3) is 11.9. The van der Waals surface area contributed by atoms with Gasteiger partial charge in [-0.05, 0) is 46.7 Å². The molecule has 6 nitrogen and oxygen atoms in total. The van der Waals surface area contributed by atoms with Gasteiger partial charge in [-0.25, -0.2) is 4.79 Å². The van der Waals surface area contributed by atoms with Crippen molar-refractivity contribution in [2.45, 2.75) is 89.8 Å². The molecule has 1 unspecified atom stereocenters. The molecule has 0 aliphatic rings. The van der Waals surface area contributed by atoms with E-state index in [1.54, 1.807) is 0 Å². The highest BCUT2D eigenvalue weighted by Gasteiger charge is 2.49. The monoisotopic (exact) mass is 641 g/mol. The van der Waals surface area contributed by atoms with Gasteiger partial charge in [-0.3, -0.25) is 4.79 Å². The van der Waals surface area contributed by atoms with E-state index in [0.29, 0.717) is 64.8 Å². The van der Waals surface area contributed by atoms with Gasteiger partial charge in [0.2, 0.25) is 0 Å². The van der Waals surface area contributed by atoms with Crippen molar-refractivity contribution < 1.29 is 23.5 Å². The van der Waals surface area contributed by atoms with Crippen LogP contribution in [0.3, 0.4) is 0 Å². The number of rotatable bonds is 18. The van der Waals surface area contributed by atoms with Crippen molar-refractivity contribution in [2.75, 3.05) is 20.3 Å². The minimum absolute atomic E-state index is 0.0605. The van der Waals surface area contributed by atoms with Gasteiger partial charge in [0.15, 0.2) is 0 Å². The Balaban J connectivity index is 1.39. The number of hydrogen-bond acceptors (Lipinski definition) is 5. The largest absolute Gasteiger partial charge is 0.453 e. The molecule has 1 amide bonds. The van der Waals surface area contributed by atoms with Gasteiger partial charge >= 0.3 is 6.09 Å². The maximum Gasteiger partial charge on any atom is 0.407 e. The van der Waals surface area contributed by atoms with Crippen molar-refractivity contribution in [3.05, 3.63) is 96.6 Å². The van der Waals surface area contributed by atoms with Gasteiger partial charge < -0.3 is 19.2 Å². The Morgan fingerprint density at radius 1 is 0.761 bits per heavy atom. The Labute approximate surface area is 277 Å². The number of ether oxygens (including phenoxy) is 2. The number of carbonyl (C=O) groups excluding carboxylic acids is 2. The lowest BCUT2D eigenvalue weighted by atomic mass is 10.0. The molecule has 0 aliphatic heterocycles. The molecule has 0 aromatic heterocycles. The molecule has 0 spiro atoms. The number of ketones is 1.